The molecule has 4 heteroatoms. The molecule has 1 aromatic heterocycles. The van der Waals surface area contributed by atoms with Gasteiger partial charge in [-0.15, -0.1) is 0 Å². The molecule has 2 rings (SSSR count). The van der Waals surface area contributed by atoms with Gasteiger partial charge in [-0.2, -0.15) is 0 Å². The molecule has 1 N–H and O–H groups in total. The summed E-state index contributed by atoms with van der Waals surface area (Å²) in [6, 6.07) is 8.91. The van der Waals surface area contributed by atoms with Crippen molar-refractivity contribution in [3.05, 3.63) is 58.9 Å². The van der Waals surface area contributed by atoms with Gasteiger partial charge in [0.2, 0.25) is 0 Å². The van der Waals surface area contributed by atoms with Crippen LogP contribution in [0.15, 0.2) is 42.7 Å². The van der Waals surface area contributed by atoms with Crippen LogP contribution < -0.4 is 4.74 Å². The molecule has 2 aromatic rings. The first-order valence-electron chi connectivity index (χ1n) is 6.22. The SMILES string of the molecule is CCCOc1cncc(C(O)c2ccc(Cl)cc2)c1. The number of aliphatic hydroxyl groups is 1. The van der Waals surface area contributed by atoms with Crippen molar-refractivity contribution in [3.63, 3.8) is 0 Å². The fourth-order valence-corrected chi connectivity index (χ4v) is 1.85. The molecule has 1 atom stereocenters. The third-order valence-corrected chi connectivity index (χ3v) is 2.96. The summed E-state index contributed by atoms with van der Waals surface area (Å²) in [5.74, 6) is 0.673. The van der Waals surface area contributed by atoms with Crippen LogP contribution >= 0.6 is 11.6 Å². The lowest BCUT2D eigenvalue weighted by atomic mass is 10.0. The van der Waals surface area contributed by atoms with Crippen molar-refractivity contribution >= 4 is 11.6 Å². The predicted octanol–water partition coefficient (Wildman–Crippen LogP) is 3.61. The van der Waals surface area contributed by atoms with Crippen molar-refractivity contribution in [2.45, 2.75) is 19.4 Å². The normalized spacial score (nSPS) is 12.2. The van der Waals surface area contributed by atoms with Crippen molar-refractivity contribution in [2.24, 2.45) is 0 Å². The largest absolute Gasteiger partial charge is 0.492 e. The number of hydrogen-bond acceptors (Lipinski definition) is 3. The summed E-state index contributed by atoms with van der Waals surface area (Å²) in [6.07, 6.45) is 3.49. The summed E-state index contributed by atoms with van der Waals surface area (Å²) in [5, 5.41) is 10.9. The molecular weight excluding hydrogens is 262 g/mol. The highest BCUT2D eigenvalue weighted by molar-refractivity contribution is 6.30. The van der Waals surface area contributed by atoms with Gasteiger partial charge in [0.05, 0.1) is 12.8 Å². The molecule has 0 saturated carbocycles. The Bertz CT molecular complexity index is 528. The molecule has 19 heavy (non-hydrogen) atoms. The van der Waals surface area contributed by atoms with Crippen LogP contribution in [-0.4, -0.2) is 16.7 Å². The summed E-state index contributed by atoms with van der Waals surface area (Å²) in [6.45, 7) is 2.68. The Morgan fingerprint density at radius 2 is 1.95 bits per heavy atom. The topological polar surface area (TPSA) is 42.4 Å². The zero-order valence-electron chi connectivity index (χ0n) is 10.7. The second-order valence-corrected chi connectivity index (χ2v) is 4.69. The molecular formula is C15H16ClNO2. The maximum Gasteiger partial charge on any atom is 0.137 e. The highest BCUT2D eigenvalue weighted by Crippen LogP contribution is 2.25. The number of pyridine rings is 1. The van der Waals surface area contributed by atoms with E-state index in [0.717, 1.165) is 12.0 Å². The molecule has 3 nitrogen and oxygen atoms in total. The highest BCUT2D eigenvalue weighted by atomic mass is 35.5. The molecule has 1 unspecified atom stereocenters. The summed E-state index contributed by atoms with van der Waals surface area (Å²) < 4.78 is 5.51. The van der Waals surface area contributed by atoms with E-state index in [0.29, 0.717) is 22.9 Å². The summed E-state index contributed by atoms with van der Waals surface area (Å²) in [5.41, 5.74) is 1.48. The molecule has 0 aliphatic carbocycles. The van der Waals surface area contributed by atoms with Gasteiger partial charge in [0.25, 0.3) is 0 Å². The third-order valence-electron chi connectivity index (χ3n) is 2.71. The molecule has 100 valence electrons. The predicted molar refractivity (Wildman–Crippen MR) is 75.5 cm³/mol. The van der Waals surface area contributed by atoms with Crippen molar-refractivity contribution in [1.29, 1.82) is 0 Å². The van der Waals surface area contributed by atoms with E-state index in [9.17, 15) is 5.11 Å². The van der Waals surface area contributed by atoms with Crippen LogP contribution in [0.3, 0.4) is 0 Å². The van der Waals surface area contributed by atoms with Gasteiger partial charge in [-0.1, -0.05) is 30.7 Å². The fourth-order valence-electron chi connectivity index (χ4n) is 1.72. The van der Waals surface area contributed by atoms with Gasteiger partial charge in [0.1, 0.15) is 11.9 Å². The van der Waals surface area contributed by atoms with Crippen LogP contribution in [0.25, 0.3) is 0 Å². The first-order valence-corrected chi connectivity index (χ1v) is 6.59. The Hall–Kier alpha value is -1.58. The number of aliphatic hydroxyl groups excluding tert-OH is 1. The average molecular weight is 278 g/mol. The first kappa shape index (κ1) is 13.8. The van der Waals surface area contributed by atoms with Gasteiger partial charge in [-0.25, -0.2) is 0 Å². The van der Waals surface area contributed by atoms with E-state index in [1.165, 1.54) is 0 Å². The Morgan fingerprint density at radius 3 is 2.63 bits per heavy atom. The number of benzene rings is 1. The van der Waals surface area contributed by atoms with Crippen LogP contribution in [0.4, 0.5) is 0 Å². The maximum atomic E-state index is 10.3. The van der Waals surface area contributed by atoms with Gasteiger partial charge in [0, 0.05) is 16.8 Å². The Kier molecular flexibility index (Phi) is 4.77. The first-order chi connectivity index (χ1) is 9.20. The molecule has 0 aliphatic rings. The van der Waals surface area contributed by atoms with Gasteiger partial charge < -0.3 is 9.84 Å². The molecule has 0 saturated heterocycles. The molecule has 1 heterocycles. The second-order valence-electron chi connectivity index (χ2n) is 4.26. The van der Waals surface area contributed by atoms with Crippen molar-refractivity contribution < 1.29 is 9.84 Å². The molecule has 0 aliphatic heterocycles. The number of hydrogen-bond donors (Lipinski definition) is 1. The maximum absolute atomic E-state index is 10.3. The minimum atomic E-state index is -0.727. The van der Waals surface area contributed by atoms with Crippen LogP contribution in [0.2, 0.25) is 5.02 Å². The van der Waals surface area contributed by atoms with E-state index in [-0.39, 0.29) is 0 Å². The number of nitrogens with zero attached hydrogens (tertiary/aromatic N) is 1. The van der Waals surface area contributed by atoms with Gasteiger partial charge >= 0.3 is 0 Å². The van der Waals surface area contributed by atoms with Gasteiger partial charge in [0.15, 0.2) is 0 Å². The van der Waals surface area contributed by atoms with Crippen molar-refractivity contribution in [3.8, 4) is 5.75 Å². The summed E-state index contributed by atoms with van der Waals surface area (Å²) in [4.78, 5) is 4.09. The lowest BCUT2D eigenvalue weighted by Crippen LogP contribution is -2.02. The number of halogens is 1. The molecule has 0 amide bonds. The number of aromatic nitrogens is 1. The number of rotatable bonds is 5. The minimum Gasteiger partial charge on any atom is -0.492 e. The van der Waals surface area contributed by atoms with E-state index in [1.54, 1.807) is 36.7 Å². The standard InChI is InChI=1S/C15H16ClNO2/c1-2-7-19-14-8-12(9-17-10-14)15(18)11-3-5-13(16)6-4-11/h3-6,8-10,15,18H,2,7H2,1H3. The Balaban J connectivity index is 2.18. The van der Waals surface area contributed by atoms with Crippen LogP contribution in [0.1, 0.15) is 30.6 Å². The molecule has 0 bridgehead atoms. The average Bonchev–Trinajstić information content (AvgIpc) is 2.45. The second kappa shape index (κ2) is 6.55. The van der Waals surface area contributed by atoms with Crippen molar-refractivity contribution in [2.75, 3.05) is 6.61 Å². The molecule has 0 fully saturated rings. The molecule has 1 aromatic carbocycles. The lowest BCUT2D eigenvalue weighted by molar-refractivity contribution is 0.218. The van der Waals surface area contributed by atoms with Gasteiger partial charge in [-0.3, -0.25) is 4.98 Å². The van der Waals surface area contributed by atoms with E-state index in [2.05, 4.69) is 4.98 Å². The molecule has 0 radical (unpaired) electrons. The van der Waals surface area contributed by atoms with E-state index in [1.807, 2.05) is 13.0 Å². The van der Waals surface area contributed by atoms with Crippen molar-refractivity contribution in [1.82, 2.24) is 4.98 Å². The van der Waals surface area contributed by atoms with Crippen LogP contribution in [-0.2, 0) is 0 Å². The highest BCUT2D eigenvalue weighted by Gasteiger charge is 2.11. The summed E-state index contributed by atoms with van der Waals surface area (Å²) >= 11 is 5.83. The monoisotopic (exact) mass is 277 g/mol. The Labute approximate surface area is 117 Å². The third kappa shape index (κ3) is 3.69. The Morgan fingerprint density at radius 1 is 1.21 bits per heavy atom. The lowest BCUT2D eigenvalue weighted by Gasteiger charge is -2.12. The minimum absolute atomic E-state index is 0.641. The van der Waals surface area contributed by atoms with Crippen LogP contribution in [0, 0.1) is 0 Å². The van der Waals surface area contributed by atoms with E-state index >= 15 is 0 Å². The smallest absolute Gasteiger partial charge is 0.137 e. The van der Waals surface area contributed by atoms with E-state index in [4.69, 9.17) is 16.3 Å². The fraction of sp³-hybridized carbons (Fsp3) is 0.267. The molecule has 0 spiro atoms. The zero-order chi connectivity index (χ0) is 13.7. The zero-order valence-corrected chi connectivity index (χ0v) is 11.5. The van der Waals surface area contributed by atoms with Crippen LogP contribution in [0.5, 0.6) is 5.75 Å². The number of ether oxygens (including phenoxy) is 1. The van der Waals surface area contributed by atoms with Gasteiger partial charge in [-0.05, 0) is 30.2 Å². The quantitative estimate of drug-likeness (QED) is 0.908. The van der Waals surface area contributed by atoms with E-state index < -0.39 is 6.10 Å². The summed E-state index contributed by atoms with van der Waals surface area (Å²) in [7, 11) is 0.